The molecule has 0 saturated heterocycles. The Morgan fingerprint density at radius 1 is 1.19 bits per heavy atom. The van der Waals surface area contributed by atoms with Crippen molar-refractivity contribution in [3.63, 3.8) is 0 Å². The van der Waals surface area contributed by atoms with Crippen molar-refractivity contribution in [2.75, 3.05) is 0 Å². The number of thioether (sulfide) groups is 1. The fourth-order valence-corrected chi connectivity index (χ4v) is 3.33. The lowest BCUT2D eigenvalue weighted by Crippen LogP contribution is -2.06. The molecular formula is C20H21N5S. The standard InChI is InChI=1S/C20H21N5S/c1-15-11-16(2)19(25-10-6-9-23-25)18(12-15)13-22-24-20(21)26-14-17-7-4-3-5-8-17/h3-13H,14H2,1-2H3,(H2,21,24). The summed E-state index contributed by atoms with van der Waals surface area (Å²) in [4.78, 5) is 0. The van der Waals surface area contributed by atoms with Gasteiger partial charge in [0.2, 0.25) is 0 Å². The van der Waals surface area contributed by atoms with E-state index in [2.05, 4.69) is 53.4 Å². The second-order valence-corrected chi connectivity index (χ2v) is 6.92. The molecule has 1 heterocycles. The van der Waals surface area contributed by atoms with Crippen molar-refractivity contribution in [2.24, 2.45) is 15.9 Å². The number of rotatable bonds is 5. The van der Waals surface area contributed by atoms with Gasteiger partial charge in [-0.15, -0.1) is 5.10 Å². The van der Waals surface area contributed by atoms with Gasteiger partial charge in [0.25, 0.3) is 0 Å². The number of hydrogen-bond donors (Lipinski definition) is 1. The molecule has 0 radical (unpaired) electrons. The quantitative estimate of drug-likeness (QED) is 0.422. The van der Waals surface area contributed by atoms with Crippen LogP contribution in [0.2, 0.25) is 0 Å². The fraction of sp³-hybridized carbons (Fsp3) is 0.150. The van der Waals surface area contributed by atoms with Gasteiger partial charge in [-0.05, 0) is 37.1 Å². The van der Waals surface area contributed by atoms with Crippen LogP contribution in [0.3, 0.4) is 0 Å². The highest BCUT2D eigenvalue weighted by Crippen LogP contribution is 2.20. The summed E-state index contributed by atoms with van der Waals surface area (Å²) in [6.07, 6.45) is 5.41. The number of aryl methyl sites for hydroxylation is 2. The molecule has 0 bridgehead atoms. The highest BCUT2D eigenvalue weighted by molar-refractivity contribution is 8.13. The lowest BCUT2D eigenvalue weighted by molar-refractivity contribution is 0.870. The van der Waals surface area contributed by atoms with Crippen LogP contribution in [-0.4, -0.2) is 21.2 Å². The fourth-order valence-electron chi connectivity index (χ4n) is 2.71. The van der Waals surface area contributed by atoms with Crippen LogP contribution in [0, 0.1) is 13.8 Å². The Hall–Kier alpha value is -2.86. The van der Waals surface area contributed by atoms with Gasteiger partial charge in [-0.25, -0.2) is 4.68 Å². The third-order valence-corrected chi connectivity index (χ3v) is 4.65. The van der Waals surface area contributed by atoms with E-state index in [-0.39, 0.29) is 0 Å². The molecule has 2 N–H and O–H groups in total. The molecule has 3 rings (SSSR count). The third-order valence-electron chi connectivity index (χ3n) is 3.79. The first kappa shape index (κ1) is 17.9. The third kappa shape index (κ3) is 4.61. The highest BCUT2D eigenvalue weighted by atomic mass is 32.2. The first-order chi connectivity index (χ1) is 12.6. The Kier molecular flexibility index (Phi) is 5.86. The van der Waals surface area contributed by atoms with E-state index in [9.17, 15) is 0 Å². The molecule has 26 heavy (non-hydrogen) atoms. The molecule has 0 aliphatic carbocycles. The van der Waals surface area contributed by atoms with E-state index < -0.39 is 0 Å². The monoisotopic (exact) mass is 363 g/mol. The number of nitrogens with two attached hydrogens (primary N) is 1. The molecule has 0 spiro atoms. The first-order valence-electron chi connectivity index (χ1n) is 8.28. The van der Waals surface area contributed by atoms with Gasteiger partial charge in [0.15, 0.2) is 5.17 Å². The van der Waals surface area contributed by atoms with Crippen molar-refractivity contribution in [3.8, 4) is 5.69 Å². The van der Waals surface area contributed by atoms with Gasteiger partial charge in [0.1, 0.15) is 0 Å². The maximum Gasteiger partial charge on any atom is 0.180 e. The SMILES string of the molecule is Cc1cc(C)c(-n2cccn2)c(C=NN=C(N)SCc2ccccc2)c1. The molecule has 1 aromatic heterocycles. The number of nitrogens with zero attached hydrogens (tertiary/aromatic N) is 4. The van der Waals surface area contributed by atoms with Gasteiger partial charge in [-0.2, -0.15) is 10.2 Å². The summed E-state index contributed by atoms with van der Waals surface area (Å²) in [5, 5.41) is 13.1. The molecule has 0 aliphatic rings. The zero-order chi connectivity index (χ0) is 18.4. The smallest absolute Gasteiger partial charge is 0.180 e. The minimum Gasteiger partial charge on any atom is -0.377 e. The second-order valence-electron chi connectivity index (χ2n) is 5.93. The molecule has 0 fully saturated rings. The molecule has 5 nitrogen and oxygen atoms in total. The van der Waals surface area contributed by atoms with Gasteiger partial charge in [0.05, 0.1) is 11.9 Å². The summed E-state index contributed by atoms with van der Waals surface area (Å²) in [5.41, 5.74) is 11.4. The van der Waals surface area contributed by atoms with Crippen LogP contribution in [0.1, 0.15) is 22.3 Å². The van der Waals surface area contributed by atoms with E-state index in [1.807, 2.05) is 35.1 Å². The summed E-state index contributed by atoms with van der Waals surface area (Å²) in [6, 6.07) is 16.2. The van der Waals surface area contributed by atoms with Gasteiger partial charge < -0.3 is 5.73 Å². The molecular weight excluding hydrogens is 342 g/mol. The summed E-state index contributed by atoms with van der Waals surface area (Å²) >= 11 is 1.47. The number of hydrogen-bond acceptors (Lipinski definition) is 4. The summed E-state index contributed by atoms with van der Waals surface area (Å²) in [7, 11) is 0. The minimum atomic E-state index is 0.440. The van der Waals surface area contributed by atoms with Gasteiger partial charge in [-0.1, -0.05) is 53.7 Å². The van der Waals surface area contributed by atoms with Crippen molar-refractivity contribution in [3.05, 3.63) is 83.2 Å². The molecule has 0 unspecified atom stereocenters. The van der Waals surface area contributed by atoms with Crippen molar-refractivity contribution < 1.29 is 0 Å². The lowest BCUT2D eigenvalue weighted by Gasteiger charge is -2.11. The molecule has 6 heteroatoms. The zero-order valence-electron chi connectivity index (χ0n) is 14.8. The summed E-state index contributed by atoms with van der Waals surface area (Å²) < 4.78 is 1.84. The highest BCUT2D eigenvalue weighted by Gasteiger charge is 2.08. The maximum atomic E-state index is 5.96. The van der Waals surface area contributed by atoms with Crippen molar-refractivity contribution in [1.29, 1.82) is 0 Å². The van der Waals surface area contributed by atoms with E-state index in [1.165, 1.54) is 17.3 Å². The van der Waals surface area contributed by atoms with Crippen molar-refractivity contribution in [2.45, 2.75) is 19.6 Å². The average molecular weight is 363 g/mol. The van der Waals surface area contributed by atoms with Gasteiger partial charge in [-0.3, -0.25) is 0 Å². The van der Waals surface area contributed by atoms with Crippen LogP contribution >= 0.6 is 11.8 Å². The van der Waals surface area contributed by atoms with E-state index in [4.69, 9.17) is 5.73 Å². The van der Waals surface area contributed by atoms with Crippen molar-refractivity contribution in [1.82, 2.24) is 9.78 Å². The molecule has 2 aromatic carbocycles. The topological polar surface area (TPSA) is 68.6 Å². The van der Waals surface area contributed by atoms with E-state index in [0.29, 0.717) is 5.17 Å². The van der Waals surface area contributed by atoms with Crippen LogP contribution in [0.15, 0.2) is 71.1 Å². The molecule has 3 aromatic rings. The van der Waals surface area contributed by atoms with E-state index >= 15 is 0 Å². The second kappa shape index (κ2) is 8.49. The minimum absolute atomic E-state index is 0.440. The van der Waals surface area contributed by atoms with Crippen LogP contribution in [0.25, 0.3) is 5.69 Å². The van der Waals surface area contributed by atoms with Crippen LogP contribution in [0.4, 0.5) is 0 Å². The Morgan fingerprint density at radius 3 is 2.73 bits per heavy atom. The number of amidine groups is 1. The largest absolute Gasteiger partial charge is 0.377 e. The molecule has 0 saturated carbocycles. The normalized spacial score (nSPS) is 12.0. The number of benzene rings is 2. The Bertz CT molecular complexity index is 915. The van der Waals surface area contributed by atoms with Crippen LogP contribution in [-0.2, 0) is 5.75 Å². The van der Waals surface area contributed by atoms with Crippen molar-refractivity contribution >= 4 is 23.1 Å². The van der Waals surface area contributed by atoms with Gasteiger partial charge >= 0.3 is 0 Å². The Morgan fingerprint density at radius 2 is 2.00 bits per heavy atom. The molecule has 0 atom stereocenters. The summed E-state index contributed by atoms with van der Waals surface area (Å²) in [5.74, 6) is 0.772. The van der Waals surface area contributed by atoms with Gasteiger partial charge in [0, 0.05) is 23.7 Å². The Labute approximate surface area is 157 Å². The molecule has 132 valence electrons. The molecule has 0 amide bonds. The average Bonchev–Trinajstić information content (AvgIpc) is 3.14. The summed E-state index contributed by atoms with van der Waals surface area (Å²) in [6.45, 7) is 4.12. The lowest BCUT2D eigenvalue weighted by atomic mass is 10.0. The van der Waals surface area contributed by atoms with Crippen LogP contribution in [0.5, 0.6) is 0 Å². The van der Waals surface area contributed by atoms with Crippen LogP contribution < -0.4 is 5.73 Å². The van der Waals surface area contributed by atoms with E-state index in [1.54, 1.807) is 12.4 Å². The Balaban J connectivity index is 1.75. The maximum absolute atomic E-state index is 5.96. The first-order valence-corrected chi connectivity index (χ1v) is 9.26. The zero-order valence-corrected chi connectivity index (χ0v) is 15.6. The molecule has 0 aliphatic heterocycles. The number of aromatic nitrogens is 2. The van der Waals surface area contributed by atoms with E-state index in [0.717, 1.165) is 28.1 Å². The predicted octanol–water partition coefficient (Wildman–Crippen LogP) is 4.07. The predicted molar refractivity (Wildman–Crippen MR) is 110 cm³/mol.